The van der Waals surface area contributed by atoms with Crippen molar-refractivity contribution in [3.8, 4) is 0 Å². The van der Waals surface area contributed by atoms with E-state index in [4.69, 9.17) is 0 Å². The van der Waals surface area contributed by atoms with Crippen molar-refractivity contribution >= 4 is 0 Å². The second-order valence-electron chi connectivity index (χ2n) is 7.27. The van der Waals surface area contributed by atoms with Gasteiger partial charge in [-0.3, -0.25) is 4.90 Å². The SMILES string of the molecule is CCN1CCN([C@H](c2nnnn2C(C)(C)CC)C(C)C)CC1. The summed E-state index contributed by atoms with van der Waals surface area (Å²) in [5, 5.41) is 12.7. The van der Waals surface area contributed by atoms with Crippen LogP contribution in [0.1, 0.15) is 59.8 Å². The van der Waals surface area contributed by atoms with E-state index >= 15 is 0 Å². The Kier molecular flexibility index (Phi) is 5.55. The maximum absolute atomic E-state index is 4.41. The Morgan fingerprint density at radius 1 is 1.09 bits per heavy atom. The smallest absolute Gasteiger partial charge is 0.169 e. The lowest BCUT2D eigenvalue weighted by atomic mass is 9.97. The van der Waals surface area contributed by atoms with Gasteiger partial charge in [0.2, 0.25) is 0 Å². The molecule has 2 rings (SSSR count). The Labute approximate surface area is 134 Å². The first-order valence-corrected chi connectivity index (χ1v) is 8.65. The molecule has 6 heteroatoms. The van der Waals surface area contributed by atoms with Crippen LogP contribution >= 0.6 is 0 Å². The lowest BCUT2D eigenvalue weighted by Gasteiger charge is -2.40. The van der Waals surface area contributed by atoms with E-state index in [1.54, 1.807) is 0 Å². The van der Waals surface area contributed by atoms with Crippen LogP contribution in [-0.4, -0.2) is 62.7 Å². The first-order chi connectivity index (χ1) is 10.4. The van der Waals surface area contributed by atoms with Gasteiger partial charge in [-0.2, -0.15) is 0 Å². The van der Waals surface area contributed by atoms with Crippen LogP contribution in [0.2, 0.25) is 0 Å². The molecule has 0 bridgehead atoms. The summed E-state index contributed by atoms with van der Waals surface area (Å²) in [4.78, 5) is 5.07. The number of likely N-dealkylation sites (N-methyl/N-ethyl adjacent to an activating group) is 1. The van der Waals surface area contributed by atoms with Crippen molar-refractivity contribution in [3.05, 3.63) is 5.82 Å². The topological polar surface area (TPSA) is 50.1 Å². The molecule has 0 saturated carbocycles. The summed E-state index contributed by atoms with van der Waals surface area (Å²) in [5.74, 6) is 1.51. The molecule has 0 spiro atoms. The molecule has 0 unspecified atom stereocenters. The number of aromatic nitrogens is 4. The van der Waals surface area contributed by atoms with Gasteiger partial charge in [-0.1, -0.05) is 27.7 Å². The summed E-state index contributed by atoms with van der Waals surface area (Å²) in [6, 6.07) is 0.292. The molecule has 0 aliphatic carbocycles. The second kappa shape index (κ2) is 7.04. The molecule has 6 nitrogen and oxygen atoms in total. The van der Waals surface area contributed by atoms with Crippen LogP contribution in [0.15, 0.2) is 0 Å². The van der Waals surface area contributed by atoms with Gasteiger partial charge in [-0.05, 0) is 43.2 Å². The maximum Gasteiger partial charge on any atom is 0.169 e. The van der Waals surface area contributed by atoms with E-state index in [0.717, 1.165) is 45.0 Å². The standard InChI is InChI=1S/C16H32N6/c1-7-16(5,6)22-15(17-18-19-22)14(13(3)4)21-11-9-20(8-2)10-12-21/h13-14H,7-12H2,1-6H3/t14-/m0/s1. The van der Waals surface area contributed by atoms with E-state index in [0.29, 0.717) is 12.0 Å². The molecule has 1 atom stereocenters. The van der Waals surface area contributed by atoms with Crippen molar-refractivity contribution in [3.63, 3.8) is 0 Å². The van der Waals surface area contributed by atoms with Crippen molar-refractivity contribution in [2.75, 3.05) is 32.7 Å². The molecule has 1 saturated heterocycles. The van der Waals surface area contributed by atoms with E-state index in [2.05, 4.69) is 66.9 Å². The molecule has 1 fully saturated rings. The van der Waals surface area contributed by atoms with Crippen molar-refractivity contribution in [1.82, 2.24) is 30.0 Å². The number of hydrogen-bond donors (Lipinski definition) is 0. The fourth-order valence-electron chi connectivity index (χ4n) is 3.20. The third-order valence-corrected chi connectivity index (χ3v) is 5.08. The Balaban J connectivity index is 2.25. The van der Waals surface area contributed by atoms with E-state index in [1.165, 1.54) is 0 Å². The average Bonchev–Trinajstić information content (AvgIpc) is 2.98. The van der Waals surface area contributed by atoms with Crippen molar-refractivity contribution in [2.24, 2.45) is 5.92 Å². The first kappa shape index (κ1) is 17.3. The Morgan fingerprint density at radius 3 is 2.23 bits per heavy atom. The molecule has 1 aliphatic rings. The zero-order valence-corrected chi connectivity index (χ0v) is 15.1. The van der Waals surface area contributed by atoms with Gasteiger partial charge in [0.15, 0.2) is 5.82 Å². The van der Waals surface area contributed by atoms with Crippen LogP contribution < -0.4 is 0 Å². The van der Waals surface area contributed by atoms with E-state index in [1.807, 2.05) is 4.68 Å². The minimum absolute atomic E-state index is 0.0444. The molecular weight excluding hydrogens is 276 g/mol. The Hall–Kier alpha value is -1.01. The molecule has 2 heterocycles. The van der Waals surface area contributed by atoms with Crippen LogP contribution in [-0.2, 0) is 5.54 Å². The van der Waals surface area contributed by atoms with Crippen molar-refractivity contribution in [2.45, 2.75) is 59.5 Å². The summed E-state index contributed by atoms with van der Waals surface area (Å²) < 4.78 is 2.05. The zero-order chi connectivity index (χ0) is 16.3. The number of hydrogen-bond acceptors (Lipinski definition) is 5. The normalized spacial score (nSPS) is 19.8. The number of tetrazole rings is 1. The van der Waals surface area contributed by atoms with Gasteiger partial charge in [0.05, 0.1) is 11.6 Å². The van der Waals surface area contributed by atoms with Gasteiger partial charge >= 0.3 is 0 Å². The van der Waals surface area contributed by atoms with Crippen LogP contribution in [0.25, 0.3) is 0 Å². The van der Waals surface area contributed by atoms with Gasteiger partial charge in [0.25, 0.3) is 0 Å². The quantitative estimate of drug-likeness (QED) is 0.806. The third kappa shape index (κ3) is 3.49. The van der Waals surface area contributed by atoms with Gasteiger partial charge in [-0.15, -0.1) is 5.10 Å². The number of piperazine rings is 1. The Morgan fingerprint density at radius 2 is 1.73 bits per heavy atom. The molecule has 126 valence electrons. The monoisotopic (exact) mass is 308 g/mol. The summed E-state index contributed by atoms with van der Waals surface area (Å²) >= 11 is 0. The molecular formula is C16H32N6. The highest BCUT2D eigenvalue weighted by Gasteiger charge is 2.34. The van der Waals surface area contributed by atoms with Gasteiger partial charge in [-0.25, -0.2) is 4.68 Å². The second-order valence-corrected chi connectivity index (χ2v) is 7.27. The van der Waals surface area contributed by atoms with E-state index in [9.17, 15) is 0 Å². The zero-order valence-electron chi connectivity index (χ0n) is 15.1. The minimum atomic E-state index is -0.0444. The molecule has 1 aromatic heterocycles. The van der Waals surface area contributed by atoms with Crippen molar-refractivity contribution in [1.29, 1.82) is 0 Å². The lowest BCUT2D eigenvalue weighted by molar-refractivity contribution is 0.0687. The molecule has 1 aliphatic heterocycles. The number of nitrogens with zero attached hydrogens (tertiary/aromatic N) is 6. The molecule has 0 radical (unpaired) electrons. The predicted octanol–water partition coefficient (Wildman–Crippen LogP) is 2.15. The molecule has 1 aromatic rings. The Bertz CT molecular complexity index is 459. The highest BCUT2D eigenvalue weighted by Crippen LogP contribution is 2.31. The lowest BCUT2D eigenvalue weighted by Crippen LogP contribution is -2.49. The predicted molar refractivity (Wildman–Crippen MR) is 88.7 cm³/mol. The summed E-state index contributed by atoms with van der Waals surface area (Å²) in [6.07, 6.45) is 1.01. The fourth-order valence-corrected chi connectivity index (χ4v) is 3.20. The molecule has 0 aromatic carbocycles. The highest BCUT2D eigenvalue weighted by molar-refractivity contribution is 5.00. The summed E-state index contributed by atoms with van der Waals surface area (Å²) in [6.45, 7) is 19.0. The summed E-state index contributed by atoms with van der Waals surface area (Å²) in [7, 11) is 0. The van der Waals surface area contributed by atoms with Gasteiger partial charge in [0.1, 0.15) is 0 Å². The largest absolute Gasteiger partial charge is 0.301 e. The first-order valence-electron chi connectivity index (χ1n) is 8.65. The van der Waals surface area contributed by atoms with Crippen LogP contribution in [0.4, 0.5) is 0 Å². The van der Waals surface area contributed by atoms with Gasteiger partial charge < -0.3 is 4.90 Å². The highest BCUT2D eigenvalue weighted by atomic mass is 15.6. The summed E-state index contributed by atoms with van der Waals surface area (Å²) in [5.41, 5.74) is -0.0444. The van der Waals surface area contributed by atoms with E-state index < -0.39 is 0 Å². The van der Waals surface area contributed by atoms with E-state index in [-0.39, 0.29) is 5.54 Å². The third-order valence-electron chi connectivity index (χ3n) is 5.08. The average molecular weight is 308 g/mol. The molecule has 0 N–H and O–H groups in total. The van der Waals surface area contributed by atoms with Crippen molar-refractivity contribution < 1.29 is 0 Å². The minimum Gasteiger partial charge on any atom is -0.301 e. The van der Waals surface area contributed by atoms with Crippen LogP contribution in [0.5, 0.6) is 0 Å². The molecule has 0 amide bonds. The van der Waals surface area contributed by atoms with Crippen LogP contribution in [0, 0.1) is 5.92 Å². The van der Waals surface area contributed by atoms with Crippen LogP contribution in [0.3, 0.4) is 0 Å². The van der Waals surface area contributed by atoms with Gasteiger partial charge in [0, 0.05) is 26.2 Å². The fraction of sp³-hybridized carbons (Fsp3) is 0.938. The maximum atomic E-state index is 4.41. The molecule has 22 heavy (non-hydrogen) atoms. The number of rotatable bonds is 6.